The van der Waals surface area contributed by atoms with Crippen LogP contribution in [0.1, 0.15) is 12.7 Å². The molecule has 0 unspecified atom stereocenters. The number of aliphatic hydroxyl groups excluding tert-OH is 2. The molecular weight excluding hydrogens is 250 g/mol. The Kier molecular flexibility index (Phi) is 4.46. The van der Waals surface area contributed by atoms with Gasteiger partial charge >= 0.3 is 0 Å². The van der Waals surface area contributed by atoms with E-state index < -0.39 is 0 Å². The van der Waals surface area contributed by atoms with Gasteiger partial charge in [0.15, 0.2) is 0 Å². The fourth-order valence-electron chi connectivity index (χ4n) is 1.85. The molecule has 2 aromatic heterocycles. The number of fused-ring (bicyclic) bond motifs is 1. The highest BCUT2D eigenvalue weighted by Crippen LogP contribution is 2.27. The molecule has 98 valence electrons. The third kappa shape index (κ3) is 2.60. The lowest BCUT2D eigenvalue weighted by atomic mass is 10.3. The zero-order valence-electron chi connectivity index (χ0n) is 10.3. The molecule has 0 aromatic carbocycles. The van der Waals surface area contributed by atoms with Crippen molar-refractivity contribution in [2.75, 3.05) is 31.2 Å². The van der Waals surface area contributed by atoms with E-state index in [1.165, 1.54) is 0 Å². The summed E-state index contributed by atoms with van der Waals surface area (Å²) in [6, 6.07) is 1.98. The number of hydrogen-bond donors (Lipinski definition) is 2. The van der Waals surface area contributed by atoms with Gasteiger partial charge in [0.2, 0.25) is 0 Å². The maximum Gasteiger partial charge on any atom is 0.141 e. The van der Waals surface area contributed by atoms with E-state index in [0.29, 0.717) is 13.1 Å². The van der Waals surface area contributed by atoms with Gasteiger partial charge in [0.05, 0.1) is 18.6 Å². The van der Waals surface area contributed by atoms with Crippen molar-refractivity contribution >= 4 is 27.4 Å². The van der Waals surface area contributed by atoms with E-state index in [1.807, 2.05) is 23.3 Å². The average molecular weight is 267 g/mol. The SMILES string of the molecule is CCc1nc(N(CCO)CCO)c2ccsc2n1. The fourth-order valence-corrected chi connectivity index (χ4v) is 2.62. The zero-order valence-corrected chi connectivity index (χ0v) is 11.2. The Morgan fingerprint density at radius 2 is 1.94 bits per heavy atom. The lowest BCUT2D eigenvalue weighted by Crippen LogP contribution is -2.30. The largest absolute Gasteiger partial charge is 0.395 e. The Balaban J connectivity index is 2.48. The first-order valence-corrected chi connectivity index (χ1v) is 6.89. The number of aromatic nitrogens is 2. The van der Waals surface area contributed by atoms with Gasteiger partial charge in [0.25, 0.3) is 0 Å². The summed E-state index contributed by atoms with van der Waals surface area (Å²) in [5.41, 5.74) is 0. The van der Waals surface area contributed by atoms with Crippen LogP contribution in [0.15, 0.2) is 11.4 Å². The Morgan fingerprint density at radius 3 is 2.56 bits per heavy atom. The molecule has 6 heteroatoms. The lowest BCUT2D eigenvalue weighted by molar-refractivity contribution is 0.281. The van der Waals surface area contributed by atoms with Gasteiger partial charge in [-0.3, -0.25) is 0 Å². The van der Waals surface area contributed by atoms with Gasteiger partial charge in [-0.05, 0) is 11.4 Å². The maximum absolute atomic E-state index is 9.11. The number of nitrogens with zero attached hydrogens (tertiary/aromatic N) is 3. The Hall–Kier alpha value is -1.24. The van der Waals surface area contributed by atoms with Crippen molar-refractivity contribution < 1.29 is 10.2 Å². The molecule has 2 heterocycles. The highest BCUT2D eigenvalue weighted by molar-refractivity contribution is 7.16. The van der Waals surface area contributed by atoms with Crippen molar-refractivity contribution in [2.45, 2.75) is 13.3 Å². The zero-order chi connectivity index (χ0) is 13.0. The molecule has 2 rings (SSSR count). The van der Waals surface area contributed by atoms with E-state index in [4.69, 9.17) is 10.2 Å². The Morgan fingerprint density at radius 1 is 1.22 bits per heavy atom. The lowest BCUT2D eigenvalue weighted by Gasteiger charge is -2.22. The molecule has 2 aromatic rings. The molecule has 0 aliphatic carbocycles. The van der Waals surface area contributed by atoms with Crippen molar-refractivity contribution in [1.82, 2.24) is 9.97 Å². The standard InChI is InChI=1S/C12H17N3O2S/c1-2-10-13-11(15(4-6-16)5-7-17)9-3-8-18-12(9)14-10/h3,8,16-17H,2,4-7H2,1H3. The third-order valence-electron chi connectivity index (χ3n) is 2.71. The van der Waals surface area contributed by atoms with Gasteiger partial charge < -0.3 is 15.1 Å². The number of hydrogen-bond acceptors (Lipinski definition) is 6. The second-order valence-electron chi connectivity index (χ2n) is 3.89. The number of anilines is 1. The van der Waals surface area contributed by atoms with Gasteiger partial charge in [0, 0.05) is 19.5 Å². The molecule has 0 fully saturated rings. The topological polar surface area (TPSA) is 69.5 Å². The van der Waals surface area contributed by atoms with E-state index >= 15 is 0 Å². The maximum atomic E-state index is 9.11. The molecule has 18 heavy (non-hydrogen) atoms. The Labute approximate surface area is 110 Å². The average Bonchev–Trinajstić information content (AvgIpc) is 2.85. The van der Waals surface area contributed by atoms with Crippen LogP contribution in [0, 0.1) is 0 Å². The van der Waals surface area contributed by atoms with Gasteiger partial charge in [-0.2, -0.15) is 0 Å². The van der Waals surface area contributed by atoms with Crippen LogP contribution in [-0.4, -0.2) is 46.5 Å². The summed E-state index contributed by atoms with van der Waals surface area (Å²) < 4.78 is 0. The second kappa shape index (κ2) is 6.08. The van der Waals surface area contributed by atoms with Gasteiger partial charge in [-0.15, -0.1) is 11.3 Å². The molecule has 5 nitrogen and oxygen atoms in total. The highest BCUT2D eigenvalue weighted by Gasteiger charge is 2.14. The smallest absolute Gasteiger partial charge is 0.141 e. The summed E-state index contributed by atoms with van der Waals surface area (Å²) >= 11 is 1.58. The van der Waals surface area contributed by atoms with Crippen molar-refractivity contribution in [3.63, 3.8) is 0 Å². The third-order valence-corrected chi connectivity index (χ3v) is 3.51. The van der Waals surface area contributed by atoms with Crippen molar-refractivity contribution in [1.29, 1.82) is 0 Å². The molecule has 0 atom stereocenters. The molecule has 0 aliphatic rings. The molecular formula is C12H17N3O2S. The van der Waals surface area contributed by atoms with Crippen LogP contribution in [0.2, 0.25) is 0 Å². The van der Waals surface area contributed by atoms with E-state index in [9.17, 15) is 0 Å². The van der Waals surface area contributed by atoms with E-state index in [0.717, 1.165) is 28.3 Å². The van der Waals surface area contributed by atoms with Crippen molar-refractivity contribution in [3.8, 4) is 0 Å². The summed E-state index contributed by atoms with van der Waals surface area (Å²) in [6.07, 6.45) is 0.771. The summed E-state index contributed by atoms with van der Waals surface area (Å²) in [5.74, 6) is 1.60. The van der Waals surface area contributed by atoms with Crippen molar-refractivity contribution in [2.24, 2.45) is 0 Å². The fraction of sp³-hybridized carbons (Fsp3) is 0.500. The second-order valence-corrected chi connectivity index (χ2v) is 4.79. The van der Waals surface area contributed by atoms with Crippen LogP contribution in [0.25, 0.3) is 10.2 Å². The van der Waals surface area contributed by atoms with Crippen LogP contribution in [0.4, 0.5) is 5.82 Å². The Bertz CT molecular complexity index is 509. The molecule has 0 radical (unpaired) electrons. The van der Waals surface area contributed by atoms with Crippen LogP contribution in [0.3, 0.4) is 0 Å². The molecule has 0 bridgehead atoms. The normalized spacial score (nSPS) is 11.1. The minimum Gasteiger partial charge on any atom is -0.395 e. The molecule has 0 saturated heterocycles. The van der Waals surface area contributed by atoms with E-state index in [-0.39, 0.29) is 13.2 Å². The van der Waals surface area contributed by atoms with Gasteiger partial charge in [-0.25, -0.2) is 9.97 Å². The highest BCUT2D eigenvalue weighted by atomic mass is 32.1. The molecule has 0 spiro atoms. The van der Waals surface area contributed by atoms with Gasteiger partial charge in [-0.1, -0.05) is 6.92 Å². The van der Waals surface area contributed by atoms with Crippen LogP contribution < -0.4 is 4.90 Å². The van der Waals surface area contributed by atoms with Crippen LogP contribution in [-0.2, 0) is 6.42 Å². The first kappa shape index (κ1) is 13.2. The number of aryl methyl sites for hydroxylation is 1. The summed E-state index contributed by atoms with van der Waals surface area (Å²) in [5, 5.41) is 21.2. The van der Waals surface area contributed by atoms with E-state index in [1.54, 1.807) is 11.3 Å². The summed E-state index contributed by atoms with van der Waals surface area (Å²) in [7, 11) is 0. The van der Waals surface area contributed by atoms with Crippen LogP contribution >= 0.6 is 11.3 Å². The molecule has 0 aliphatic heterocycles. The number of rotatable bonds is 6. The minimum atomic E-state index is 0.0388. The number of aliphatic hydroxyl groups is 2. The number of thiophene rings is 1. The van der Waals surface area contributed by atoms with Gasteiger partial charge in [0.1, 0.15) is 16.5 Å². The first-order valence-electron chi connectivity index (χ1n) is 6.01. The quantitative estimate of drug-likeness (QED) is 0.818. The predicted molar refractivity (Wildman–Crippen MR) is 73.2 cm³/mol. The molecule has 2 N–H and O–H groups in total. The minimum absolute atomic E-state index is 0.0388. The monoisotopic (exact) mass is 267 g/mol. The van der Waals surface area contributed by atoms with Crippen LogP contribution in [0.5, 0.6) is 0 Å². The van der Waals surface area contributed by atoms with E-state index in [2.05, 4.69) is 9.97 Å². The summed E-state index contributed by atoms with van der Waals surface area (Å²) in [6.45, 7) is 3.02. The predicted octanol–water partition coefficient (Wildman–Crippen LogP) is 1.04. The molecule has 0 saturated carbocycles. The molecule has 0 amide bonds. The summed E-state index contributed by atoms with van der Waals surface area (Å²) in [4.78, 5) is 11.9. The first-order chi connectivity index (χ1) is 8.80. The van der Waals surface area contributed by atoms with Crippen molar-refractivity contribution in [3.05, 3.63) is 17.3 Å².